The highest BCUT2D eigenvalue weighted by Crippen LogP contribution is 2.31. The highest BCUT2D eigenvalue weighted by molar-refractivity contribution is 5.97. The highest BCUT2D eigenvalue weighted by atomic mass is 19.1. The predicted octanol–water partition coefficient (Wildman–Crippen LogP) is 2.39. The van der Waals surface area contributed by atoms with Crippen molar-refractivity contribution in [2.75, 3.05) is 0 Å². The minimum atomic E-state index is -0.281. The zero-order valence-corrected chi connectivity index (χ0v) is 9.85. The normalized spacial score (nSPS) is 13.1. The number of nitrogens with zero attached hydrogens (tertiary/aromatic N) is 1. The molecule has 1 aromatic heterocycles. The lowest BCUT2D eigenvalue weighted by Gasteiger charge is -2.19. The fourth-order valence-corrected chi connectivity index (χ4v) is 2.08. The quantitative estimate of drug-likeness (QED) is 0.792. The SMILES string of the molecule is O=C=C1NC=C(c2ccc(F)cc2)c2ccncc21. The number of aromatic nitrogens is 1. The monoisotopic (exact) mass is 252 g/mol. The first kappa shape index (κ1) is 11.4. The number of nitrogens with one attached hydrogen (secondary N) is 1. The van der Waals surface area contributed by atoms with E-state index in [1.54, 1.807) is 30.7 Å². The Bertz CT molecular complexity index is 713. The number of pyridine rings is 1. The summed E-state index contributed by atoms with van der Waals surface area (Å²) >= 11 is 0. The predicted molar refractivity (Wildman–Crippen MR) is 70.0 cm³/mol. The Labute approximate surface area is 109 Å². The molecule has 0 bridgehead atoms. The summed E-state index contributed by atoms with van der Waals surface area (Å²) in [5, 5.41) is 2.89. The summed E-state index contributed by atoms with van der Waals surface area (Å²) in [7, 11) is 0. The van der Waals surface area contributed by atoms with Gasteiger partial charge < -0.3 is 5.32 Å². The molecule has 1 aromatic carbocycles. The van der Waals surface area contributed by atoms with Crippen LogP contribution in [0.5, 0.6) is 0 Å². The topological polar surface area (TPSA) is 42.0 Å². The van der Waals surface area contributed by atoms with Gasteiger partial charge in [-0.3, -0.25) is 4.98 Å². The Morgan fingerprint density at radius 1 is 1.11 bits per heavy atom. The minimum Gasteiger partial charge on any atom is -0.352 e. The molecule has 2 heterocycles. The van der Waals surface area contributed by atoms with Gasteiger partial charge in [-0.25, -0.2) is 9.18 Å². The van der Waals surface area contributed by atoms with Gasteiger partial charge in [-0.2, -0.15) is 0 Å². The van der Waals surface area contributed by atoms with Crippen LogP contribution < -0.4 is 5.32 Å². The maximum atomic E-state index is 13.0. The van der Waals surface area contributed by atoms with E-state index in [0.717, 1.165) is 16.7 Å². The van der Waals surface area contributed by atoms with Gasteiger partial charge in [-0.15, -0.1) is 0 Å². The van der Waals surface area contributed by atoms with Crippen molar-refractivity contribution in [1.29, 1.82) is 0 Å². The van der Waals surface area contributed by atoms with Crippen molar-refractivity contribution < 1.29 is 9.18 Å². The zero-order chi connectivity index (χ0) is 13.2. The summed E-state index contributed by atoms with van der Waals surface area (Å²) < 4.78 is 13.0. The van der Waals surface area contributed by atoms with Crippen molar-refractivity contribution in [3.8, 4) is 0 Å². The molecule has 3 nitrogen and oxygen atoms in total. The number of benzene rings is 1. The summed E-state index contributed by atoms with van der Waals surface area (Å²) in [4.78, 5) is 14.9. The van der Waals surface area contributed by atoms with Gasteiger partial charge in [-0.1, -0.05) is 12.1 Å². The molecular formula is C15H9FN2O. The first-order valence-electron chi connectivity index (χ1n) is 5.72. The van der Waals surface area contributed by atoms with Crippen LogP contribution in [0, 0.1) is 5.82 Å². The van der Waals surface area contributed by atoms with Crippen LogP contribution in [0.4, 0.5) is 4.39 Å². The van der Waals surface area contributed by atoms with Gasteiger partial charge in [0.25, 0.3) is 0 Å². The Morgan fingerprint density at radius 2 is 1.89 bits per heavy atom. The molecule has 92 valence electrons. The van der Waals surface area contributed by atoms with Crippen LogP contribution in [0.25, 0.3) is 11.3 Å². The average Bonchev–Trinajstić information content (AvgIpc) is 2.47. The summed E-state index contributed by atoms with van der Waals surface area (Å²) in [5.41, 5.74) is 3.68. The second kappa shape index (κ2) is 4.52. The van der Waals surface area contributed by atoms with Crippen molar-refractivity contribution in [1.82, 2.24) is 10.3 Å². The van der Waals surface area contributed by atoms with Gasteiger partial charge in [0, 0.05) is 29.7 Å². The lowest BCUT2D eigenvalue weighted by atomic mass is 9.92. The molecule has 1 aliphatic heterocycles. The largest absolute Gasteiger partial charge is 0.352 e. The fraction of sp³-hybridized carbons (Fsp3) is 0. The molecule has 0 aliphatic carbocycles. The van der Waals surface area contributed by atoms with Crippen LogP contribution in [0.15, 0.2) is 48.9 Å². The Balaban J connectivity index is 2.17. The van der Waals surface area contributed by atoms with E-state index in [-0.39, 0.29) is 5.82 Å². The molecular weight excluding hydrogens is 243 g/mol. The van der Waals surface area contributed by atoms with Crippen LogP contribution in [-0.4, -0.2) is 10.9 Å². The number of rotatable bonds is 1. The van der Waals surface area contributed by atoms with Gasteiger partial charge in [0.2, 0.25) is 0 Å². The molecule has 0 unspecified atom stereocenters. The van der Waals surface area contributed by atoms with Gasteiger partial charge in [0.05, 0.1) is 0 Å². The van der Waals surface area contributed by atoms with E-state index in [2.05, 4.69) is 10.3 Å². The van der Waals surface area contributed by atoms with Crippen molar-refractivity contribution in [3.63, 3.8) is 0 Å². The maximum absolute atomic E-state index is 13.0. The number of hydrogen-bond acceptors (Lipinski definition) is 3. The lowest BCUT2D eigenvalue weighted by Crippen LogP contribution is -2.14. The third kappa shape index (κ3) is 1.94. The standard InChI is InChI=1S/C15H9FN2O/c16-11-3-1-10(2-4-11)13-8-18-15(9-19)14-7-17-6-5-12(13)14/h1-8,18H. The van der Waals surface area contributed by atoms with E-state index in [0.29, 0.717) is 11.3 Å². The molecule has 0 atom stereocenters. The molecule has 3 rings (SSSR count). The third-order valence-corrected chi connectivity index (χ3v) is 3.00. The fourth-order valence-electron chi connectivity index (χ4n) is 2.08. The molecule has 0 saturated heterocycles. The van der Waals surface area contributed by atoms with Crippen molar-refractivity contribution in [3.05, 3.63) is 71.4 Å². The van der Waals surface area contributed by atoms with Crippen LogP contribution >= 0.6 is 0 Å². The molecule has 4 heteroatoms. The first-order valence-corrected chi connectivity index (χ1v) is 5.72. The molecule has 19 heavy (non-hydrogen) atoms. The average molecular weight is 252 g/mol. The van der Waals surface area contributed by atoms with Gasteiger partial charge >= 0.3 is 0 Å². The van der Waals surface area contributed by atoms with Gasteiger partial charge in [-0.05, 0) is 29.3 Å². The molecule has 0 amide bonds. The third-order valence-electron chi connectivity index (χ3n) is 3.00. The number of carbonyl (C=O) groups excluding carboxylic acids is 1. The van der Waals surface area contributed by atoms with E-state index in [1.807, 2.05) is 12.0 Å². The molecule has 0 fully saturated rings. The minimum absolute atomic E-state index is 0.281. The van der Waals surface area contributed by atoms with Crippen molar-refractivity contribution in [2.24, 2.45) is 0 Å². The second-order valence-electron chi connectivity index (χ2n) is 4.11. The van der Waals surface area contributed by atoms with E-state index in [9.17, 15) is 9.18 Å². The molecule has 1 aliphatic rings. The zero-order valence-electron chi connectivity index (χ0n) is 9.85. The maximum Gasteiger partial charge on any atom is 0.151 e. The highest BCUT2D eigenvalue weighted by Gasteiger charge is 2.18. The van der Waals surface area contributed by atoms with Gasteiger partial charge in [0.15, 0.2) is 5.94 Å². The number of halogens is 1. The second-order valence-corrected chi connectivity index (χ2v) is 4.11. The summed E-state index contributed by atoms with van der Waals surface area (Å²) in [6.07, 6.45) is 4.98. The molecule has 0 radical (unpaired) electrons. The molecule has 2 aromatic rings. The van der Waals surface area contributed by atoms with E-state index in [4.69, 9.17) is 0 Å². The molecule has 0 spiro atoms. The summed E-state index contributed by atoms with van der Waals surface area (Å²) in [5.74, 6) is 1.57. The Kier molecular flexibility index (Phi) is 2.71. The molecule has 0 saturated carbocycles. The summed E-state index contributed by atoms with van der Waals surface area (Å²) in [6, 6.07) is 8.03. The van der Waals surface area contributed by atoms with Gasteiger partial charge in [0.1, 0.15) is 11.5 Å². The Morgan fingerprint density at radius 3 is 2.63 bits per heavy atom. The van der Waals surface area contributed by atoms with E-state index in [1.165, 1.54) is 12.1 Å². The molecule has 1 N–H and O–H groups in total. The lowest BCUT2D eigenvalue weighted by molar-refractivity contribution is 0.569. The number of fused-ring (bicyclic) bond motifs is 1. The summed E-state index contributed by atoms with van der Waals surface area (Å²) in [6.45, 7) is 0. The van der Waals surface area contributed by atoms with Crippen LogP contribution in [0.2, 0.25) is 0 Å². The van der Waals surface area contributed by atoms with E-state index >= 15 is 0 Å². The van der Waals surface area contributed by atoms with Crippen molar-refractivity contribution >= 4 is 17.2 Å². The first-order chi connectivity index (χ1) is 9.29. The van der Waals surface area contributed by atoms with Crippen molar-refractivity contribution in [2.45, 2.75) is 0 Å². The van der Waals surface area contributed by atoms with Crippen LogP contribution in [-0.2, 0) is 4.79 Å². The van der Waals surface area contributed by atoms with E-state index < -0.39 is 0 Å². The van der Waals surface area contributed by atoms with Crippen LogP contribution in [0.3, 0.4) is 0 Å². The number of hydrogen-bond donors (Lipinski definition) is 1. The smallest absolute Gasteiger partial charge is 0.151 e. The Hall–Kier alpha value is -2.71. The van der Waals surface area contributed by atoms with Crippen LogP contribution in [0.1, 0.15) is 16.7 Å².